The van der Waals surface area contributed by atoms with Gasteiger partial charge in [-0.25, -0.2) is 4.68 Å². The highest BCUT2D eigenvalue weighted by Gasteiger charge is 2.28. The van der Waals surface area contributed by atoms with Crippen LogP contribution in [0.15, 0.2) is 48.5 Å². The standard InChI is InChI=1S/C18H16N4O2/c1-11-5-3-8-15-16-9-12(2)20-21(16)18(19-17(11)15)13-6-4-7-14(10-13)22(23)24/h3-10,18-19H,1-2H3. The van der Waals surface area contributed by atoms with E-state index in [2.05, 4.69) is 29.5 Å². The molecule has 1 unspecified atom stereocenters. The van der Waals surface area contributed by atoms with Crippen LogP contribution in [-0.4, -0.2) is 14.7 Å². The smallest absolute Gasteiger partial charge is 0.269 e. The Balaban J connectivity index is 1.91. The first kappa shape index (κ1) is 14.4. The van der Waals surface area contributed by atoms with E-state index in [4.69, 9.17) is 0 Å². The summed E-state index contributed by atoms with van der Waals surface area (Å²) in [6.07, 6.45) is -0.276. The summed E-state index contributed by atoms with van der Waals surface area (Å²) in [7, 11) is 0. The fourth-order valence-corrected chi connectivity index (χ4v) is 3.22. The maximum absolute atomic E-state index is 11.1. The summed E-state index contributed by atoms with van der Waals surface area (Å²) in [5, 5.41) is 19.2. The molecule has 1 aliphatic heterocycles. The maximum Gasteiger partial charge on any atom is 0.269 e. The number of fused-ring (bicyclic) bond motifs is 3. The van der Waals surface area contributed by atoms with Gasteiger partial charge >= 0.3 is 0 Å². The second-order valence-electron chi connectivity index (χ2n) is 6.01. The van der Waals surface area contributed by atoms with Crippen molar-refractivity contribution in [2.75, 3.05) is 5.32 Å². The summed E-state index contributed by atoms with van der Waals surface area (Å²) in [6, 6.07) is 14.9. The fraction of sp³-hybridized carbons (Fsp3) is 0.167. The molecule has 0 aliphatic carbocycles. The van der Waals surface area contributed by atoms with Gasteiger partial charge in [-0.3, -0.25) is 10.1 Å². The lowest BCUT2D eigenvalue weighted by molar-refractivity contribution is -0.384. The first-order valence-electron chi connectivity index (χ1n) is 7.71. The largest absolute Gasteiger partial charge is 0.359 e. The molecule has 120 valence electrons. The average Bonchev–Trinajstić information content (AvgIpc) is 2.96. The average molecular weight is 320 g/mol. The van der Waals surface area contributed by atoms with Crippen LogP contribution in [-0.2, 0) is 0 Å². The van der Waals surface area contributed by atoms with Gasteiger partial charge in [0.15, 0.2) is 0 Å². The topological polar surface area (TPSA) is 73.0 Å². The Labute approximate surface area is 138 Å². The van der Waals surface area contributed by atoms with E-state index in [0.29, 0.717) is 0 Å². The number of hydrogen-bond acceptors (Lipinski definition) is 4. The van der Waals surface area contributed by atoms with Crippen molar-refractivity contribution in [2.45, 2.75) is 20.0 Å². The van der Waals surface area contributed by atoms with Crippen molar-refractivity contribution < 1.29 is 4.92 Å². The molecule has 0 saturated carbocycles. The van der Waals surface area contributed by atoms with E-state index in [9.17, 15) is 10.1 Å². The van der Waals surface area contributed by atoms with Gasteiger partial charge in [0, 0.05) is 28.9 Å². The summed E-state index contributed by atoms with van der Waals surface area (Å²) in [4.78, 5) is 10.7. The van der Waals surface area contributed by atoms with Gasteiger partial charge in [-0.1, -0.05) is 30.3 Å². The van der Waals surface area contributed by atoms with Gasteiger partial charge in [-0.2, -0.15) is 5.10 Å². The Morgan fingerprint density at radius 1 is 1.17 bits per heavy atom. The monoisotopic (exact) mass is 320 g/mol. The van der Waals surface area contributed by atoms with Crippen molar-refractivity contribution >= 4 is 11.4 Å². The summed E-state index contributed by atoms with van der Waals surface area (Å²) in [6.45, 7) is 4.00. The van der Waals surface area contributed by atoms with E-state index < -0.39 is 0 Å². The van der Waals surface area contributed by atoms with Gasteiger partial charge < -0.3 is 5.32 Å². The quantitative estimate of drug-likeness (QED) is 0.571. The number of aromatic nitrogens is 2. The zero-order valence-electron chi connectivity index (χ0n) is 13.4. The molecular formula is C18H16N4O2. The molecule has 1 atom stereocenters. The number of nitro groups is 1. The second kappa shape index (κ2) is 5.19. The van der Waals surface area contributed by atoms with Crippen molar-refractivity contribution in [2.24, 2.45) is 0 Å². The first-order chi connectivity index (χ1) is 11.5. The van der Waals surface area contributed by atoms with Crippen molar-refractivity contribution in [1.29, 1.82) is 0 Å². The Bertz CT molecular complexity index is 961. The summed E-state index contributed by atoms with van der Waals surface area (Å²) in [5.74, 6) is 0. The summed E-state index contributed by atoms with van der Waals surface area (Å²) >= 11 is 0. The van der Waals surface area contributed by atoms with Crippen LogP contribution in [0.5, 0.6) is 0 Å². The molecule has 1 N–H and O–H groups in total. The van der Waals surface area contributed by atoms with Crippen LogP contribution >= 0.6 is 0 Å². The number of nitro benzene ring substituents is 1. The van der Waals surface area contributed by atoms with Gasteiger partial charge in [-0.15, -0.1) is 0 Å². The molecule has 24 heavy (non-hydrogen) atoms. The molecule has 0 fully saturated rings. The number of rotatable bonds is 2. The lowest BCUT2D eigenvalue weighted by Gasteiger charge is -2.30. The molecule has 0 spiro atoms. The van der Waals surface area contributed by atoms with Gasteiger partial charge in [-0.05, 0) is 25.5 Å². The lowest BCUT2D eigenvalue weighted by Crippen LogP contribution is -2.26. The van der Waals surface area contributed by atoms with E-state index >= 15 is 0 Å². The highest BCUT2D eigenvalue weighted by Crippen LogP contribution is 2.40. The molecular weight excluding hydrogens is 304 g/mol. The van der Waals surface area contributed by atoms with Gasteiger partial charge in [0.2, 0.25) is 0 Å². The third kappa shape index (κ3) is 2.15. The lowest BCUT2D eigenvalue weighted by atomic mass is 10.0. The molecule has 6 nitrogen and oxygen atoms in total. The first-order valence-corrected chi connectivity index (χ1v) is 7.71. The number of aryl methyl sites for hydroxylation is 2. The second-order valence-corrected chi connectivity index (χ2v) is 6.01. The third-order valence-electron chi connectivity index (χ3n) is 4.33. The molecule has 0 saturated heterocycles. The molecule has 2 aromatic carbocycles. The Morgan fingerprint density at radius 3 is 2.75 bits per heavy atom. The van der Waals surface area contributed by atoms with Crippen molar-refractivity contribution in [3.8, 4) is 11.3 Å². The molecule has 6 heteroatoms. The number of hydrogen-bond donors (Lipinski definition) is 1. The zero-order valence-corrected chi connectivity index (χ0v) is 13.4. The molecule has 4 rings (SSSR count). The summed E-state index contributed by atoms with van der Waals surface area (Å²) < 4.78 is 1.90. The van der Waals surface area contributed by atoms with E-state index in [0.717, 1.165) is 33.8 Å². The van der Waals surface area contributed by atoms with Crippen LogP contribution in [0.25, 0.3) is 11.3 Å². The molecule has 3 aromatic rings. The van der Waals surface area contributed by atoms with Gasteiger partial charge in [0.25, 0.3) is 5.69 Å². The van der Waals surface area contributed by atoms with E-state index in [1.165, 1.54) is 6.07 Å². The molecule has 0 bridgehead atoms. The third-order valence-corrected chi connectivity index (χ3v) is 4.33. The van der Waals surface area contributed by atoms with E-state index in [1.807, 2.05) is 29.8 Å². The zero-order chi connectivity index (χ0) is 16.8. The maximum atomic E-state index is 11.1. The summed E-state index contributed by atoms with van der Waals surface area (Å²) in [5.41, 5.74) is 6.09. The number of nitrogens with zero attached hydrogens (tertiary/aromatic N) is 3. The Hall–Kier alpha value is -3.15. The van der Waals surface area contributed by atoms with E-state index in [1.54, 1.807) is 12.1 Å². The van der Waals surface area contributed by atoms with Crippen LogP contribution in [0.1, 0.15) is 23.0 Å². The van der Waals surface area contributed by atoms with Crippen LogP contribution in [0, 0.1) is 24.0 Å². The molecule has 1 aromatic heterocycles. The minimum atomic E-state index is -0.374. The minimum Gasteiger partial charge on any atom is -0.359 e. The molecule has 0 amide bonds. The van der Waals surface area contributed by atoms with Crippen LogP contribution in [0.4, 0.5) is 11.4 Å². The number of anilines is 1. The van der Waals surface area contributed by atoms with Crippen molar-refractivity contribution in [1.82, 2.24) is 9.78 Å². The SMILES string of the molecule is Cc1cc2n(n1)C(c1cccc([N+](=O)[O-])c1)Nc1c(C)cccc1-2. The number of para-hydroxylation sites is 1. The van der Waals surface area contributed by atoms with Crippen molar-refractivity contribution in [3.63, 3.8) is 0 Å². The predicted molar refractivity (Wildman–Crippen MR) is 92.0 cm³/mol. The highest BCUT2D eigenvalue weighted by molar-refractivity contribution is 5.81. The number of nitrogens with one attached hydrogen (secondary N) is 1. The normalized spacial score (nSPS) is 15.3. The Kier molecular flexibility index (Phi) is 3.13. The number of benzene rings is 2. The molecule has 2 heterocycles. The fourth-order valence-electron chi connectivity index (χ4n) is 3.22. The van der Waals surface area contributed by atoms with Crippen LogP contribution in [0.2, 0.25) is 0 Å². The van der Waals surface area contributed by atoms with Gasteiger partial charge in [0.1, 0.15) is 6.17 Å². The van der Waals surface area contributed by atoms with Crippen molar-refractivity contribution in [3.05, 3.63) is 75.5 Å². The number of non-ortho nitro benzene ring substituents is 1. The minimum absolute atomic E-state index is 0.0790. The molecule has 1 aliphatic rings. The highest BCUT2D eigenvalue weighted by atomic mass is 16.6. The van der Waals surface area contributed by atoms with Crippen LogP contribution in [0.3, 0.4) is 0 Å². The van der Waals surface area contributed by atoms with Gasteiger partial charge in [0.05, 0.1) is 16.3 Å². The van der Waals surface area contributed by atoms with Crippen LogP contribution < -0.4 is 5.32 Å². The predicted octanol–water partition coefficient (Wildman–Crippen LogP) is 4.05. The van der Waals surface area contributed by atoms with E-state index in [-0.39, 0.29) is 16.8 Å². The molecule has 0 radical (unpaired) electrons. The Morgan fingerprint density at radius 2 is 1.96 bits per heavy atom.